The number of hydrogen-bond acceptors (Lipinski definition) is 6. The van der Waals surface area contributed by atoms with Crippen LogP contribution in [0.5, 0.6) is 0 Å². The van der Waals surface area contributed by atoms with Gasteiger partial charge >= 0.3 is 6.18 Å². The maximum absolute atomic E-state index is 13.0. The van der Waals surface area contributed by atoms with E-state index in [1.54, 1.807) is 6.07 Å². The van der Waals surface area contributed by atoms with Gasteiger partial charge in [-0.2, -0.15) is 13.2 Å². The zero-order valence-electron chi connectivity index (χ0n) is 15.5. The lowest BCUT2D eigenvalue weighted by atomic mass is 9.81. The largest absolute Gasteiger partial charge is 0.434 e. The monoisotopic (exact) mass is 405 g/mol. The van der Waals surface area contributed by atoms with Crippen LogP contribution >= 0.6 is 0 Å². The van der Waals surface area contributed by atoms with Crippen LogP contribution in [0.1, 0.15) is 25.5 Å². The first-order valence-corrected chi connectivity index (χ1v) is 8.96. The Morgan fingerprint density at radius 1 is 1.24 bits per heavy atom. The summed E-state index contributed by atoms with van der Waals surface area (Å²) in [6.07, 6.45) is 1.74. The van der Waals surface area contributed by atoms with Crippen molar-refractivity contribution in [2.24, 2.45) is 11.1 Å². The Balaban J connectivity index is 1.72. The Bertz CT molecular complexity index is 1080. The molecule has 11 heteroatoms. The van der Waals surface area contributed by atoms with Crippen molar-refractivity contribution >= 4 is 17.4 Å². The second kappa shape index (κ2) is 6.68. The number of rotatable bonds is 3. The van der Waals surface area contributed by atoms with Crippen LogP contribution < -0.4 is 10.6 Å². The Morgan fingerprint density at radius 3 is 2.76 bits per heavy atom. The smallest absolute Gasteiger partial charge is 0.369 e. The molecule has 3 aromatic heterocycles. The maximum Gasteiger partial charge on any atom is 0.434 e. The summed E-state index contributed by atoms with van der Waals surface area (Å²) in [5.41, 5.74) is 4.41. The fourth-order valence-electron chi connectivity index (χ4n) is 3.49. The molecule has 3 aromatic rings. The number of aromatic nitrogens is 5. The lowest BCUT2D eigenvalue weighted by molar-refractivity contribution is -0.141. The van der Waals surface area contributed by atoms with Gasteiger partial charge in [0.05, 0.1) is 17.8 Å². The number of carbonyl (C=O) groups excluding carboxylic acids is 1. The summed E-state index contributed by atoms with van der Waals surface area (Å²) in [7, 11) is 0. The van der Waals surface area contributed by atoms with Gasteiger partial charge in [-0.05, 0) is 25.8 Å². The Morgan fingerprint density at radius 2 is 2.03 bits per heavy atom. The highest BCUT2D eigenvalue weighted by molar-refractivity contribution is 5.81. The fraction of sp³-hybridized carbons (Fsp3) is 0.389. The molecule has 1 amide bonds. The molecule has 0 aromatic carbocycles. The third-order valence-electron chi connectivity index (χ3n) is 5.17. The number of hydrogen-bond donors (Lipinski definition) is 1. The fourth-order valence-corrected chi connectivity index (χ4v) is 3.49. The molecule has 8 nitrogen and oxygen atoms in total. The zero-order valence-corrected chi connectivity index (χ0v) is 15.5. The summed E-state index contributed by atoms with van der Waals surface area (Å²) in [5.74, 6) is 0.424. The molecular formula is C18H18F3N7O. The first-order valence-electron chi connectivity index (χ1n) is 8.96. The number of fused-ring (bicyclic) bond motifs is 1. The standard InChI is InChI=1S/C18H18F3N7O/c1-17(16(22)29)4-2-6-27(10-17)13-3-5-23-15(26-13)11-7-25-14-8-24-12(9-28(11)14)18(19,20)21/h3,5,7-9H,2,4,6,10H2,1H3,(H2,22,29). The summed E-state index contributed by atoms with van der Waals surface area (Å²) in [5, 5.41) is 0. The molecule has 1 atom stereocenters. The summed E-state index contributed by atoms with van der Waals surface area (Å²) in [4.78, 5) is 30.0. The van der Waals surface area contributed by atoms with Crippen molar-refractivity contribution in [3.05, 3.63) is 36.5 Å². The van der Waals surface area contributed by atoms with Gasteiger partial charge in [0.2, 0.25) is 5.91 Å². The molecule has 4 rings (SSSR count). The van der Waals surface area contributed by atoms with E-state index >= 15 is 0 Å². The minimum Gasteiger partial charge on any atom is -0.369 e. The van der Waals surface area contributed by atoms with E-state index < -0.39 is 17.3 Å². The van der Waals surface area contributed by atoms with E-state index in [2.05, 4.69) is 19.9 Å². The van der Waals surface area contributed by atoms with Crippen molar-refractivity contribution in [2.45, 2.75) is 25.9 Å². The number of alkyl halides is 3. The number of carbonyl (C=O) groups is 1. The van der Waals surface area contributed by atoms with Crippen LogP contribution in [-0.4, -0.2) is 43.3 Å². The van der Waals surface area contributed by atoms with Gasteiger partial charge in [-0.15, -0.1) is 0 Å². The second-order valence-electron chi connectivity index (χ2n) is 7.33. The molecule has 152 valence electrons. The first-order chi connectivity index (χ1) is 13.7. The molecule has 0 spiro atoms. The van der Waals surface area contributed by atoms with Crippen molar-refractivity contribution < 1.29 is 18.0 Å². The molecule has 4 heterocycles. The third kappa shape index (κ3) is 3.47. The minimum atomic E-state index is -4.58. The van der Waals surface area contributed by atoms with Gasteiger partial charge in [-0.3, -0.25) is 9.20 Å². The molecule has 1 saturated heterocycles. The van der Waals surface area contributed by atoms with Crippen LogP contribution in [0, 0.1) is 5.41 Å². The predicted molar refractivity (Wildman–Crippen MR) is 97.8 cm³/mol. The second-order valence-corrected chi connectivity index (χ2v) is 7.33. The van der Waals surface area contributed by atoms with Gasteiger partial charge in [0.1, 0.15) is 11.5 Å². The molecule has 1 aliphatic rings. The molecule has 0 aliphatic carbocycles. The lowest BCUT2D eigenvalue weighted by Crippen LogP contribution is -2.49. The third-order valence-corrected chi connectivity index (χ3v) is 5.17. The van der Waals surface area contributed by atoms with E-state index in [1.807, 2.05) is 11.8 Å². The number of amides is 1. The Labute approximate surface area is 163 Å². The van der Waals surface area contributed by atoms with Crippen LogP contribution in [0.3, 0.4) is 0 Å². The van der Waals surface area contributed by atoms with Crippen molar-refractivity contribution in [2.75, 3.05) is 18.0 Å². The highest BCUT2D eigenvalue weighted by Crippen LogP contribution is 2.32. The summed E-state index contributed by atoms with van der Waals surface area (Å²) >= 11 is 0. The summed E-state index contributed by atoms with van der Waals surface area (Å²) in [6, 6.07) is 1.70. The molecule has 1 unspecified atom stereocenters. The molecule has 0 radical (unpaired) electrons. The quantitative estimate of drug-likeness (QED) is 0.717. The van der Waals surface area contributed by atoms with Crippen molar-refractivity contribution in [1.82, 2.24) is 24.3 Å². The van der Waals surface area contributed by atoms with E-state index in [9.17, 15) is 18.0 Å². The van der Waals surface area contributed by atoms with Crippen LogP contribution in [0.15, 0.2) is 30.9 Å². The predicted octanol–water partition coefficient (Wildman–Crippen LogP) is 2.30. The molecule has 29 heavy (non-hydrogen) atoms. The van der Waals surface area contributed by atoms with E-state index in [0.29, 0.717) is 31.0 Å². The van der Waals surface area contributed by atoms with Crippen molar-refractivity contribution in [3.63, 3.8) is 0 Å². The number of halogens is 3. The number of primary amides is 1. The molecule has 1 aliphatic heterocycles. The average Bonchev–Trinajstić information content (AvgIpc) is 3.11. The van der Waals surface area contributed by atoms with Crippen molar-refractivity contribution in [3.8, 4) is 11.5 Å². The maximum atomic E-state index is 13.0. The number of imidazole rings is 1. The molecular weight excluding hydrogens is 387 g/mol. The topological polar surface area (TPSA) is 102 Å². The molecule has 0 bridgehead atoms. The first kappa shape index (κ1) is 19.1. The highest BCUT2D eigenvalue weighted by atomic mass is 19.4. The van der Waals surface area contributed by atoms with Crippen LogP contribution in [0.4, 0.5) is 19.0 Å². The average molecular weight is 405 g/mol. The minimum absolute atomic E-state index is 0.223. The van der Waals surface area contributed by atoms with E-state index in [1.165, 1.54) is 16.8 Å². The SMILES string of the molecule is CC1(C(N)=O)CCCN(c2ccnc(-c3cnc4cnc(C(F)(F)F)cn34)n2)C1. The highest BCUT2D eigenvalue weighted by Gasteiger charge is 2.37. The van der Waals surface area contributed by atoms with Gasteiger partial charge in [-0.25, -0.2) is 19.9 Å². The van der Waals surface area contributed by atoms with Crippen LogP contribution in [-0.2, 0) is 11.0 Å². The van der Waals surface area contributed by atoms with E-state index in [-0.39, 0.29) is 17.4 Å². The van der Waals surface area contributed by atoms with Gasteiger partial charge in [0, 0.05) is 25.5 Å². The normalized spacial score (nSPS) is 20.2. The van der Waals surface area contributed by atoms with Crippen molar-refractivity contribution in [1.29, 1.82) is 0 Å². The van der Waals surface area contributed by atoms with Crippen LogP contribution in [0.2, 0.25) is 0 Å². The number of anilines is 1. The van der Waals surface area contributed by atoms with E-state index in [4.69, 9.17) is 5.73 Å². The Kier molecular flexibility index (Phi) is 4.39. The van der Waals surface area contributed by atoms with Gasteiger partial charge < -0.3 is 10.6 Å². The summed E-state index contributed by atoms with van der Waals surface area (Å²) < 4.78 is 40.4. The summed E-state index contributed by atoms with van der Waals surface area (Å²) in [6.45, 7) is 2.92. The lowest BCUT2D eigenvalue weighted by Gasteiger charge is -2.38. The van der Waals surface area contributed by atoms with Crippen LogP contribution in [0.25, 0.3) is 17.2 Å². The molecule has 1 fully saturated rings. The van der Waals surface area contributed by atoms with Gasteiger partial charge in [0.15, 0.2) is 17.2 Å². The zero-order chi connectivity index (χ0) is 20.8. The van der Waals surface area contributed by atoms with E-state index in [0.717, 1.165) is 18.8 Å². The number of piperidine rings is 1. The van der Waals surface area contributed by atoms with Gasteiger partial charge in [-0.1, -0.05) is 0 Å². The number of nitrogens with two attached hydrogens (primary N) is 1. The molecule has 0 saturated carbocycles. The van der Waals surface area contributed by atoms with Gasteiger partial charge in [0.25, 0.3) is 0 Å². The number of nitrogens with zero attached hydrogens (tertiary/aromatic N) is 6. The molecule has 2 N–H and O–H groups in total. The Hall–Kier alpha value is -3.24.